The predicted octanol–water partition coefficient (Wildman–Crippen LogP) is 1.38. The van der Waals surface area contributed by atoms with Crippen molar-refractivity contribution in [3.05, 3.63) is 18.3 Å². The van der Waals surface area contributed by atoms with Crippen molar-refractivity contribution >= 4 is 16.9 Å². The second-order valence-corrected chi connectivity index (χ2v) is 3.73. The van der Waals surface area contributed by atoms with Gasteiger partial charge >= 0.3 is 0 Å². The van der Waals surface area contributed by atoms with Crippen LogP contribution in [0, 0.1) is 0 Å². The van der Waals surface area contributed by atoms with Gasteiger partial charge in [0.1, 0.15) is 11.2 Å². The van der Waals surface area contributed by atoms with Crippen LogP contribution in [0.25, 0.3) is 5.52 Å². The molecule has 0 saturated carbocycles. The van der Waals surface area contributed by atoms with Crippen molar-refractivity contribution < 1.29 is 4.74 Å². The summed E-state index contributed by atoms with van der Waals surface area (Å²) in [6, 6.07) is 3.94. The van der Waals surface area contributed by atoms with E-state index in [9.17, 15) is 0 Å². The Morgan fingerprint density at radius 2 is 2.25 bits per heavy atom. The van der Waals surface area contributed by atoms with E-state index in [2.05, 4.69) is 5.10 Å². The predicted molar refractivity (Wildman–Crippen MR) is 65.1 cm³/mol. The molecule has 86 valence electrons. The third-order valence-corrected chi connectivity index (χ3v) is 2.40. The number of hydrogen-bond donors (Lipinski definition) is 1. The summed E-state index contributed by atoms with van der Waals surface area (Å²) >= 11 is 0. The van der Waals surface area contributed by atoms with Crippen LogP contribution < -0.4 is 15.4 Å². The first-order chi connectivity index (χ1) is 7.65. The van der Waals surface area contributed by atoms with Crippen LogP contribution in [-0.4, -0.2) is 30.3 Å². The normalized spacial score (nSPS) is 10.7. The smallest absolute Gasteiger partial charge is 0.257 e. The van der Waals surface area contributed by atoms with Gasteiger partial charge in [0.05, 0.1) is 12.3 Å². The zero-order valence-corrected chi connectivity index (χ0v) is 9.77. The Hall–Kier alpha value is -1.91. The molecule has 0 atom stereocenters. The summed E-state index contributed by atoms with van der Waals surface area (Å²) in [6.07, 6.45) is 1.86. The molecule has 0 amide bonds. The lowest BCUT2D eigenvalue weighted by Crippen LogP contribution is -2.10. The molecular formula is C11H16N4O. The number of ether oxygens (including phenoxy) is 1. The molecule has 0 radical (unpaired) electrons. The van der Waals surface area contributed by atoms with Gasteiger partial charge in [0.15, 0.2) is 0 Å². The van der Waals surface area contributed by atoms with Crippen LogP contribution in [0.3, 0.4) is 0 Å². The highest BCUT2D eigenvalue weighted by molar-refractivity contribution is 5.87. The zero-order valence-electron chi connectivity index (χ0n) is 9.77. The molecule has 0 aromatic carbocycles. The SMILES string of the molecule is CCOc1nn2cccc(N(C)C)c2c1N. The molecule has 2 aromatic heterocycles. The molecule has 2 N–H and O–H groups in total. The molecule has 5 nitrogen and oxygen atoms in total. The number of nitrogens with two attached hydrogens (primary N) is 1. The fraction of sp³-hybridized carbons (Fsp3) is 0.364. The Kier molecular flexibility index (Phi) is 2.60. The second kappa shape index (κ2) is 3.92. The van der Waals surface area contributed by atoms with Crippen LogP contribution >= 0.6 is 0 Å². The highest BCUT2D eigenvalue weighted by atomic mass is 16.5. The van der Waals surface area contributed by atoms with Crippen molar-refractivity contribution in [2.24, 2.45) is 0 Å². The topological polar surface area (TPSA) is 55.8 Å². The fourth-order valence-electron chi connectivity index (χ4n) is 1.69. The van der Waals surface area contributed by atoms with Crippen molar-refractivity contribution in [2.75, 3.05) is 31.3 Å². The molecule has 2 aromatic rings. The lowest BCUT2D eigenvalue weighted by Gasteiger charge is -2.13. The quantitative estimate of drug-likeness (QED) is 0.849. The highest BCUT2D eigenvalue weighted by Crippen LogP contribution is 2.31. The number of nitrogen functional groups attached to an aromatic ring is 1. The summed E-state index contributed by atoms with van der Waals surface area (Å²) in [5.41, 5.74) is 8.53. The molecule has 0 aliphatic heterocycles. The van der Waals surface area contributed by atoms with Gasteiger partial charge in [-0.1, -0.05) is 0 Å². The van der Waals surface area contributed by atoms with Gasteiger partial charge < -0.3 is 15.4 Å². The number of hydrogen-bond acceptors (Lipinski definition) is 4. The first kappa shape index (κ1) is 10.6. The number of pyridine rings is 1. The maximum atomic E-state index is 6.03. The van der Waals surface area contributed by atoms with E-state index in [1.807, 2.05) is 44.2 Å². The third-order valence-electron chi connectivity index (χ3n) is 2.40. The second-order valence-electron chi connectivity index (χ2n) is 3.73. The average Bonchev–Trinajstić information content (AvgIpc) is 2.57. The minimum absolute atomic E-state index is 0.497. The molecular weight excluding hydrogens is 204 g/mol. The average molecular weight is 220 g/mol. The van der Waals surface area contributed by atoms with E-state index in [4.69, 9.17) is 10.5 Å². The largest absolute Gasteiger partial charge is 0.475 e. The Morgan fingerprint density at radius 3 is 2.88 bits per heavy atom. The molecule has 0 aliphatic carbocycles. The Morgan fingerprint density at radius 1 is 1.50 bits per heavy atom. The van der Waals surface area contributed by atoms with Gasteiger partial charge in [0.2, 0.25) is 0 Å². The summed E-state index contributed by atoms with van der Waals surface area (Å²) < 4.78 is 7.13. The number of rotatable bonds is 3. The Labute approximate surface area is 94.4 Å². The summed E-state index contributed by atoms with van der Waals surface area (Å²) in [6.45, 7) is 2.47. The van der Waals surface area contributed by atoms with Gasteiger partial charge in [-0.3, -0.25) is 0 Å². The number of aromatic nitrogens is 2. The number of nitrogens with zero attached hydrogens (tertiary/aromatic N) is 3. The van der Waals surface area contributed by atoms with Crippen molar-refractivity contribution in [1.82, 2.24) is 9.61 Å². The van der Waals surface area contributed by atoms with Crippen LogP contribution in [0.1, 0.15) is 6.92 Å². The van der Waals surface area contributed by atoms with Crippen molar-refractivity contribution in [2.45, 2.75) is 6.92 Å². The molecule has 0 aliphatic rings. The maximum absolute atomic E-state index is 6.03. The van der Waals surface area contributed by atoms with E-state index >= 15 is 0 Å². The third kappa shape index (κ3) is 1.54. The maximum Gasteiger partial charge on any atom is 0.257 e. The van der Waals surface area contributed by atoms with Crippen LogP contribution in [0.15, 0.2) is 18.3 Å². The van der Waals surface area contributed by atoms with Crippen LogP contribution in [0.4, 0.5) is 11.4 Å². The highest BCUT2D eigenvalue weighted by Gasteiger charge is 2.14. The van der Waals surface area contributed by atoms with Gasteiger partial charge in [-0.15, -0.1) is 5.10 Å². The van der Waals surface area contributed by atoms with Crippen LogP contribution in [0.5, 0.6) is 5.88 Å². The van der Waals surface area contributed by atoms with Gasteiger partial charge in [-0.2, -0.15) is 0 Å². The first-order valence-corrected chi connectivity index (χ1v) is 5.22. The Balaban J connectivity index is 2.67. The lowest BCUT2D eigenvalue weighted by molar-refractivity contribution is 0.327. The van der Waals surface area contributed by atoms with E-state index in [-0.39, 0.29) is 0 Å². The Bertz CT molecular complexity index is 504. The molecule has 2 rings (SSSR count). The zero-order chi connectivity index (χ0) is 11.7. The molecule has 2 heterocycles. The molecule has 0 fully saturated rings. The summed E-state index contributed by atoms with van der Waals surface area (Å²) in [7, 11) is 3.95. The number of anilines is 2. The molecule has 0 saturated heterocycles. The molecule has 16 heavy (non-hydrogen) atoms. The first-order valence-electron chi connectivity index (χ1n) is 5.22. The molecule has 5 heteroatoms. The fourth-order valence-corrected chi connectivity index (χ4v) is 1.69. The minimum Gasteiger partial charge on any atom is -0.475 e. The summed E-state index contributed by atoms with van der Waals surface area (Å²) in [5, 5.41) is 4.29. The van der Waals surface area contributed by atoms with Crippen LogP contribution in [-0.2, 0) is 0 Å². The molecule has 0 bridgehead atoms. The van der Waals surface area contributed by atoms with Crippen molar-refractivity contribution in [1.29, 1.82) is 0 Å². The standard InChI is InChI=1S/C11H16N4O/c1-4-16-11-9(12)10-8(14(2)3)6-5-7-15(10)13-11/h5-7H,4,12H2,1-3H3. The van der Waals surface area contributed by atoms with Gasteiger partial charge in [-0.05, 0) is 19.1 Å². The minimum atomic E-state index is 0.497. The van der Waals surface area contributed by atoms with Gasteiger partial charge in [0, 0.05) is 20.3 Å². The summed E-state index contributed by atoms with van der Waals surface area (Å²) in [4.78, 5) is 2.00. The van der Waals surface area contributed by atoms with Crippen molar-refractivity contribution in [3.63, 3.8) is 0 Å². The van der Waals surface area contributed by atoms with Gasteiger partial charge in [-0.25, -0.2) is 4.52 Å². The van der Waals surface area contributed by atoms with Crippen molar-refractivity contribution in [3.8, 4) is 5.88 Å². The lowest BCUT2D eigenvalue weighted by atomic mass is 10.3. The van der Waals surface area contributed by atoms with E-state index in [0.29, 0.717) is 18.2 Å². The molecule has 0 spiro atoms. The number of fused-ring (bicyclic) bond motifs is 1. The monoisotopic (exact) mass is 220 g/mol. The van der Waals surface area contributed by atoms with Gasteiger partial charge in [0.25, 0.3) is 5.88 Å². The summed E-state index contributed by atoms with van der Waals surface area (Å²) in [5.74, 6) is 0.497. The van der Waals surface area contributed by atoms with E-state index in [1.165, 1.54) is 0 Å². The molecule has 0 unspecified atom stereocenters. The van der Waals surface area contributed by atoms with E-state index in [1.54, 1.807) is 4.52 Å². The van der Waals surface area contributed by atoms with E-state index < -0.39 is 0 Å². The van der Waals surface area contributed by atoms with Crippen LogP contribution in [0.2, 0.25) is 0 Å². The van der Waals surface area contributed by atoms with E-state index in [0.717, 1.165) is 11.2 Å².